The molecular formula is C22H29N3O6. The van der Waals surface area contributed by atoms with Gasteiger partial charge in [-0.3, -0.25) is 14.4 Å². The molecule has 1 aliphatic heterocycles. The second kappa shape index (κ2) is 9.82. The third-order valence-electron chi connectivity index (χ3n) is 5.58. The fourth-order valence-corrected chi connectivity index (χ4v) is 3.52. The van der Waals surface area contributed by atoms with E-state index in [2.05, 4.69) is 10.6 Å². The number of aliphatic hydroxyl groups is 1. The Morgan fingerprint density at radius 3 is 2.58 bits per heavy atom. The lowest BCUT2D eigenvalue weighted by Gasteiger charge is -2.23. The van der Waals surface area contributed by atoms with Gasteiger partial charge in [-0.2, -0.15) is 0 Å². The first-order chi connectivity index (χ1) is 14.9. The highest BCUT2D eigenvalue weighted by atomic mass is 16.7. The molecule has 3 N–H and O–H groups in total. The molecule has 0 saturated carbocycles. The molecule has 0 bridgehead atoms. The van der Waals surface area contributed by atoms with Crippen LogP contribution in [0.4, 0.5) is 0 Å². The zero-order valence-electron chi connectivity index (χ0n) is 18.1. The number of hydrogen-bond donors (Lipinski definition) is 3. The molecule has 0 spiro atoms. The lowest BCUT2D eigenvalue weighted by atomic mass is 9.97. The van der Waals surface area contributed by atoms with E-state index in [1.807, 2.05) is 20.8 Å². The van der Waals surface area contributed by atoms with Crippen LogP contribution in [-0.2, 0) is 11.3 Å². The van der Waals surface area contributed by atoms with Crippen molar-refractivity contribution < 1.29 is 24.2 Å². The van der Waals surface area contributed by atoms with Crippen molar-refractivity contribution in [3.63, 3.8) is 0 Å². The summed E-state index contributed by atoms with van der Waals surface area (Å²) < 4.78 is 12.6. The van der Waals surface area contributed by atoms with E-state index < -0.39 is 17.4 Å². The van der Waals surface area contributed by atoms with Crippen LogP contribution < -0.4 is 25.5 Å². The number of carbonyl (C=O) groups excluding carboxylic acids is 2. The van der Waals surface area contributed by atoms with Crippen molar-refractivity contribution in [2.75, 3.05) is 19.9 Å². The van der Waals surface area contributed by atoms with Crippen molar-refractivity contribution in [1.82, 2.24) is 15.2 Å². The monoisotopic (exact) mass is 431 g/mol. The number of fused-ring (bicyclic) bond motifs is 2. The normalized spacial score (nSPS) is 14.3. The van der Waals surface area contributed by atoms with Gasteiger partial charge < -0.3 is 29.8 Å². The lowest BCUT2D eigenvalue weighted by molar-refractivity contribution is -0.124. The van der Waals surface area contributed by atoms with E-state index in [1.54, 1.807) is 16.7 Å². The van der Waals surface area contributed by atoms with Crippen molar-refractivity contribution in [3.8, 4) is 11.5 Å². The van der Waals surface area contributed by atoms with Gasteiger partial charge in [0.25, 0.3) is 5.91 Å². The number of benzene rings is 1. The number of nitrogens with zero attached hydrogens (tertiary/aromatic N) is 1. The summed E-state index contributed by atoms with van der Waals surface area (Å²) in [6, 6.07) is 2.54. The Morgan fingerprint density at radius 2 is 1.94 bits per heavy atom. The number of hydrogen-bond acceptors (Lipinski definition) is 6. The van der Waals surface area contributed by atoms with Crippen LogP contribution >= 0.6 is 0 Å². The van der Waals surface area contributed by atoms with Crippen LogP contribution in [0, 0.1) is 5.92 Å². The van der Waals surface area contributed by atoms with Crippen molar-refractivity contribution in [2.45, 2.75) is 46.2 Å². The van der Waals surface area contributed by atoms with Gasteiger partial charge in [0.1, 0.15) is 11.6 Å². The minimum absolute atomic E-state index is 0.0350. The zero-order valence-corrected chi connectivity index (χ0v) is 18.1. The highest BCUT2D eigenvalue weighted by Crippen LogP contribution is 2.35. The maximum atomic E-state index is 13.1. The molecule has 9 heteroatoms. The van der Waals surface area contributed by atoms with Gasteiger partial charge in [-0.15, -0.1) is 0 Å². The van der Waals surface area contributed by atoms with Crippen LogP contribution in [0.5, 0.6) is 11.5 Å². The van der Waals surface area contributed by atoms with Gasteiger partial charge in [0.2, 0.25) is 18.1 Å². The zero-order chi connectivity index (χ0) is 22.5. The van der Waals surface area contributed by atoms with Crippen LogP contribution in [0.25, 0.3) is 10.9 Å². The van der Waals surface area contributed by atoms with Crippen molar-refractivity contribution in [2.24, 2.45) is 5.92 Å². The Balaban J connectivity index is 1.95. The molecule has 168 valence electrons. The second-order valence-electron chi connectivity index (χ2n) is 7.59. The van der Waals surface area contributed by atoms with E-state index in [-0.39, 0.29) is 30.8 Å². The molecule has 0 fully saturated rings. The minimum atomic E-state index is -0.793. The SMILES string of the molecule is CC[C@@H](C)[C@H](NC(=O)c1cn(CC)c2cc3c(cc2c1=O)OCO3)C(=O)NCCCO. The highest BCUT2D eigenvalue weighted by Gasteiger charge is 2.28. The summed E-state index contributed by atoms with van der Waals surface area (Å²) in [6.07, 6.45) is 2.60. The minimum Gasteiger partial charge on any atom is -0.454 e. The Bertz CT molecular complexity index is 1030. The lowest BCUT2D eigenvalue weighted by Crippen LogP contribution is -2.51. The number of aromatic nitrogens is 1. The first-order valence-electron chi connectivity index (χ1n) is 10.6. The highest BCUT2D eigenvalue weighted by molar-refractivity contribution is 6.00. The van der Waals surface area contributed by atoms with E-state index in [1.165, 1.54) is 6.20 Å². The third-order valence-corrected chi connectivity index (χ3v) is 5.58. The molecule has 2 heterocycles. The summed E-state index contributed by atoms with van der Waals surface area (Å²) in [5.41, 5.74) is 0.178. The topological polar surface area (TPSA) is 119 Å². The first-order valence-corrected chi connectivity index (χ1v) is 10.6. The summed E-state index contributed by atoms with van der Waals surface area (Å²) in [6.45, 7) is 6.59. The molecule has 3 rings (SSSR count). The van der Waals surface area contributed by atoms with Crippen molar-refractivity contribution >= 4 is 22.7 Å². The number of pyridine rings is 1. The molecule has 1 aromatic carbocycles. The molecule has 0 saturated heterocycles. The Hall–Kier alpha value is -3.07. The summed E-state index contributed by atoms with van der Waals surface area (Å²) >= 11 is 0. The van der Waals surface area contributed by atoms with Crippen molar-refractivity contribution in [1.29, 1.82) is 0 Å². The van der Waals surface area contributed by atoms with E-state index in [0.29, 0.717) is 48.3 Å². The first kappa shape index (κ1) is 22.6. The summed E-state index contributed by atoms with van der Waals surface area (Å²) in [4.78, 5) is 38.8. The van der Waals surface area contributed by atoms with E-state index in [0.717, 1.165) is 0 Å². The van der Waals surface area contributed by atoms with Crippen LogP contribution in [0.3, 0.4) is 0 Å². The summed E-state index contributed by atoms with van der Waals surface area (Å²) in [5, 5.41) is 14.7. The molecule has 31 heavy (non-hydrogen) atoms. The van der Waals surface area contributed by atoms with Gasteiger partial charge in [-0.25, -0.2) is 0 Å². The standard InChI is InChI=1S/C22H29N3O6/c1-4-13(3)19(22(29)23-7-6-8-26)24-21(28)15-11-25(5-2)16-10-18-17(30-12-31-18)9-14(16)20(15)27/h9-11,13,19,26H,4-8,12H2,1-3H3,(H,23,29)(H,24,28)/t13-,19+/m1/s1. The number of rotatable bonds is 9. The second-order valence-corrected chi connectivity index (χ2v) is 7.59. The molecule has 1 aromatic heterocycles. The molecule has 1 aliphatic rings. The van der Waals surface area contributed by atoms with Gasteiger partial charge in [0.05, 0.1) is 10.9 Å². The quantitative estimate of drug-likeness (QED) is 0.517. The maximum Gasteiger partial charge on any atom is 0.257 e. The Morgan fingerprint density at radius 1 is 1.23 bits per heavy atom. The molecular weight excluding hydrogens is 402 g/mol. The van der Waals surface area contributed by atoms with E-state index >= 15 is 0 Å². The molecule has 9 nitrogen and oxygen atoms in total. The predicted octanol–water partition coefficient (Wildman–Crippen LogP) is 1.39. The number of amides is 2. The van der Waals surface area contributed by atoms with E-state index in [9.17, 15) is 14.4 Å². The van der Waals surface area contributed by atoms with Crippen LogP contribution in [-0.4, -0.2) is 47.5 Å². The molecule has 0 aliphatic carbocycles. The van der Waals surface area contributed by atoms with Gasteiger partial charge in [-0.1, -0.05) is 20.3 Å². The third kappa shape index (κ3) is 4.66. The van der Waals surface area contributed by atoms with Crippen molar-refractivity contribution in [3.05, 3.63) is 34.1 Å². The number of nitrogens with one attached hydrogen (secondary N) is 2. The van der Waals surface area contributed by atoms with Gasteiger partial charge in [0.15, 0.2) is 11.5 Å². The molecule has 2 atom stereocenters. The van der Waals surface area contributed by atoms with Gasteiger partial charge in [0, 0.05) is 32.0 Å². The Kier molecular flexibility index (Phi) is 7.17. The van der Waals surface area contributed by atoms with Crippen LogP contribution in [0.1, 0.15) is 44.0 Å². The average Bonchev–Trinajstić information content (AvgIpc) is 3.23. The van der Waals surface area contributed by atoms with Crippen LogP contribution in [0.2, 0.25) is 0 Å². The fraction of sp³-hybridized carbons (Fsp3) is 0.500. The maximum absolute atomic E-state index is 13.1. The fourth-order valence-electron chi connectivity index (χ4n) is 3.52. The largest absolute Gasteiger partial charge is 0.454 e. The predicted molar refractivity (Wildman–Crippen MR) is 115 cm³/mol. The number of aliphatic hydroxyl groups excluding tert-OH is 1. The average molecular weight is 431 g/mol. The van der Waals surface area contributed by atoms with Gasteiger partial charge >= 0.3 is 0 Å². The Labute approximate surface area is 180 Å². The summed E-state index contributed by atoms with van der Waals surface area (Å²) in [5.74, 6) is -0.0560. The number of ether oxygens (including phenoxy) is 2. The number of carbonyl (C=O) groups is 2. The number of aryl methyl sites for hydroxylation is 1. The summed E-state index contributed by atoms with van der Waals surface area (Å²) in [7, 11) is 0. The molecule has 2 aromatic rings. The molecule has 2 amide bonds. The smallest absolute Gasteiger partial charge is 0.257 e. The van der Waals surface area contributed by atoms with Gasteiger partial charge in [-0.05, 0) is 25.3 Å². The van der Waals surface area contributed by atoms with Crippen LogP contribution in [0.15, 0.2) is 23.1 Å². The van der Waals surface area contributed by atoms with E-state index in [4.69, 9.17) is 14.6 Å². The molecule has 0 unspecified atom stereocenters. The molecule has 0 radical (unpaired) electrons.